The van der Waals surface area contributed by atoms with Crippen LogP contribution in [0, 0.1) is 17.0 Å². The third-order valence-corrected chi connectivity index (χ3v) is 5.11. The normalized spacial score (nSPS) is 13.2. The molecule has 1 aliphatic heterocycles. The van der Waals surface area contributed by atoms with Gasteiger partial charge in [0.15, 0.2) is 11.5 Å². The lowest BCUT2D eigenvalue weighted by Crippen LogP contribution is -2.11. The van der Waals surface area contributed by atoms with Crippen LogP contribution in [0.3, 0.4) is 0 Å². The molecule has 0 N–H and O–H groups in total. The van der Waals surface area contributed by atoms with Crippen molar-refractivity contribution in [3.63, 3.8) is 0 Å². The van der Waals surface area contributed by atoms with Crippen LogP contribution >= 0.6 is 11.3 Å². The second-order valence-electron chi connectivity index (χ2n) is 6.05. The average molecular weight is 412 g/mol. The number of ether oxygens (including phenoxy) is 3. The lowest BCUT2D eigenvalue weighted by Gasteiger charge is -2.02. The quantitative estimate of drug-likeness (QED) is 0.362. The Labute approximate surface area is 169 Å². The van der Waals surface area contributed by atoms with E-state index in [0.29, 0.717) is 21.9 Å². The van der Waals surface area contributed by atoms with E-state index in [1.54, 1.807) is 17.9 Å². The van der Waals surface area contributed by atoms with Crippen LogP contribution in [0.25, 0.3) is 0 Å². The minimum absolute atomic E-state index is 0.0381. The summed E-state index contributed by atoms with van der Waals surface area (Å²) in [6.45, 7) is 1.92. The molecule has 3 aromatic rings. The topological polar surface area (TPSA) is 100 Å². The largest absolute Gasteiger partial charge is 0.497 e. The molecule has 0 aliphatic carbocycles. The molecule has 2 heterocycles. The summed E-state index contributed by atoms with van der Waals surface area (Å²) >= 11 is 1.42. The zero-order chi connectivity index (χ0) is 20.4. The standard InChI is InChI=1S/C19H16N4O5S/c1-12-10-29-19(21-14-3-5-15(26-2)6-4-14)22(12)20-9-13-7-17-18(28-11-27-17)8-16(13)23(24)25/h3-10H,11H2,1-2H3. The molecule has 0 atom stereocenters. The SMILES string of the molecule is COc1ccc(N=c2scc(C)n2N=Cc2cc3c(cc2[N+](=O)[O-])OCO3)cc1. The number of hydrogen-bond acceptors (Lipinski definition) is 8. The molecule has 0 fully saturated rings. The van der Waals surface area contributed by atoms with Crippen molar-refractivity contribution >= 4 is 28.9 Å². The van der Waals surface area contributed by atoms with Gasteiger partial charge in [-0.3, -0.25) is 10.1 Å². The first kappa shape index (κ1) is 18.7. The van der Waals surface area contributed by atoms with E-state index in [2.05, 4.69) is 10.1 Å². The van der Waals surface area contributed by atoms with Gasteiger partial charge in [0, 0.05) is 5.38 Å². The van der Waals surface area contributed by atoms with Crippen LogP contribution in [0.5, 0.6) is 17.2 Å². The number of methoxy groups -OCH3 is 1. The molecule has 9 nitrogen and oxygen atoms in total. The monoisotopic (exact) mass is 412 g/mol. The predicted molar refractivity (Wildman–Crippen MR) is 107 cm³/mol. The fraction of sp³-hybridized carbons (Fsp3) is 0.158. The number of fused-ring (bicyclic) bond motifs is 1. The number of nitrogens with zero attached hydrogens (tertiary/aromatic N) is 4. The van der Waals surface area contributed by atoms with E-state index < -0.39 is 4.92 Å². The summed E-state index contributed by atoms with van der Waals surface area (Å²) in [7, 11) is 1.60. The first-order valence-corrected chi connectivity index (χ1v) is 9.41. The summed E-state index contributed by atoms with van der Waals surface area (Å²) in [4.78, 5) is 16.2. The number of thiazole rings is 1. The van der Waals surface area contributed by atoms with Crippen molar-refractivity contribution < 1.29 is 19.1 Å². The molecule has 0 radical (unpaired) electrons. The second-order valence-corrected chi connectivity index (χ2v) is 6.88. The van der Waals surface area contributed by atoms with Gasteiger partial charge in [-0.2, -0.15) is 5.10 Å². The maximum absolute atomic E-state index is 11.4. The Balaban J connectivity index is 1.72. The predicted octanol–water partition coefficient (Wildman–Crippen LogP) is 3.62. The van der Waals surface area contributed by atoms with E-state index in [0.717, 1.165) is 17.1 Å². The third kappa shape index (κ3) is 3.83. The van der Waals surface area contributed by atoms with Crippen LogP contribution in [0.2, 0.25) is 0 Å². The molecule has 1 aliphatic rings. The van der Waals surface area contributed by atoms with Gasteiger partial charge >= 0.3 is 0 Å². The summed E-state index contributed by atoms with van der Waals surface area (Å²) in [6, 6.07) is 10.2. The molecule has 2 aromatic carbocycles. The van der Waals surface area contributed by atoms with Gasteiger partial charge in [-0.25, -0.2) is 9.67 Å². The van der Waals surface area contributed by atoms with Gasteiger partial charge in [-0.1, -0.05) is 0 Å². The molecular weight excluding hydrogens is 396 g/mol. The van der Waals surface area contributed by atoms with Gasteiger partial charge in [0.05, 0.1) is 41.3 Å². The summed E-state index contributed by atoms with van der Waals surface area (Å²) < 4.78 is 17.3. The Hall–Kier alpha value is -3.66. The van der Waals surface area contributed by atoms with E-state index in [1.807, 2.05) is 36.6 Å². The maximum Gasteiger partial charge on any atom is 0.282 e. The Morgan fingerprint density at radius 3 is 2.66 bits per heavy atom. The van der Waals surface area contributed by atoms with Crippen LogP contribution < -0.4 is 19.0 Å². The summed E-state index contributed by atoms with van der Waals surface area (Å²) in [5, 5.41) is 17.8. The van der Waals surface area contributed by atoms with Crippen LogP contribution in [-0.4, -0.2) is 29.7 Å². The van der Waals surface area contributed by atoms with Crippen molar-refractivity contribution in [2.45, 2.75) is 6.92 Å². The van der Waals surface area contributed by atoms with Crippen molar-refractivity contribution in [2.75, 3.05) is 13.9 Å². The first-order valence-electron chi connectivity index (χ1n) is 8.53. The molecule has 10 heteroatoms. The highest BCUT2D eigenvalue weighted by Crippen LogP contribution is 2.37. The Morgan fingerprint density at radius 1 is 1.24 bits per heavy atom. The summed E-state index contributed by atoms with van der Waals surface area (Å²) in [5.74, 6) is 1.54. The fourth-order valence-electron chi connectivity index (χ4n) is 2.70. The Bertz CT molecular complexity index is 1160. The molecule has 0 unspecified atom stereocenters. The highest BCUT2D eigenvalue weighted by Gasteiger charge is 2.22. The molecule has 148 valence electrons. The van der Waals surface area contributed by atoms with Crippen molar-refractivity contribution in [2.24, 2.45) is 10.1 Å². The second kappa shape index (κ2) is 7.76. The number of rotatable bonds is 5. The van der Waals surface area contributed by atoms with E-state index in [4.69, 9.17) is 14.2 Å². The minimum atomic E-state index is -0.475. The van der Waals surface area contributed by atoms with Crippen LogP contribution in [0.1, 0.15) is 11.3 Å². The molecule has 0 saturated heterocycles. The fourth-order valence-corrected chi connectivity index (χ4v) is 3.52. The van der Waals surface area contributed by atoms with E-state index >= 15 is 0 Å². The lowest BCUT2D eigenvalue weighted by atomic mass is 10.1. The summed E-state index contributed by atoms with van der Waals surface area (Å²) in [6.07, 6.45) is 1.42. The number of aromatic nitrogens is 1. The van der Waals surface area contributed by atoms with Crippen LogP contribution in [-0.2, 0) is 0 Å². The minimum Gasteiger partial charge on any atom is -0.497 e. The van der Waals surface area contributed by atoms with E-state index in [-0.39, 0.29) is 12.5 Å². The van der Waals surface area contributed by atoms with Crippen molar-refractivity contribution in [1.29, 1.82) is 0 Å². The Kier molecular flexibility index (Phi) is 5.00. The van der Waals surface area contributed by atoms with Crippen molar-refractivity contribution in [1.82, 2.24) is 4.68 Å². The lowest BCUT2D eigenvalue weighted by molar-refractivity contribution is -0.385. The number of nitro groups is 1. The van der Waals surface area contributed by atoms with Crippen molar-refractivity contribution in [3.05, 3.63) is 68.0 Å². The van der Waals surface area contributed by atoms with Gasteiger partial charge < -0.3 is 14.2 Å². The van der Waals surface area contributed by atoms with Gasteiger partial charge in [0.1, 0.15) is 5.75 Å². The molecule has 4 rings (SSSR count). The number of aryl methyl sites for hydroxylation is 1. The molecule has 0 amide bonds. The first-order chi connectivity index (χ1) is 14.0. The zero-order valence-electron chi connectivity index (χ0n) is 15.6. The Morgan fingerprint density at radius 2 is 1.97 bits per heavy atom. The molecule has 0 spiro atoms. The number of hydrogen-bond donors (Lipinski definition) is 0. The van der Waals surface area contributed by atoms with Gasteiger partial charge in [-0.05, 0) is 37.3 Å². The molecular formula is C19H16N4O5S. The van der Waals surface area contributed by atoms with Crippen LogP contribution in [0.15, 0.2) is 51.9 Å². The molecule has 0 saturated carbocycles. The van der Waals surface area contributed by atoms with Crippen molar-refractivity contribution in [3.8, 4) is 17.2 Å². The van der Waals surface area contributed by atoms with Crippen LogP contribution in [0.4, 0.5) is 11.4 Å². The number of nitro benzene ring substituents is 1. The molecule has 29 heavy (non-hydrogen) atoms. The van der Waals surface area contributed by atoms with Gasteiger partial charge in [0.2, 0.25) is 11.6 Å². The molecule has 0 bridgehead atoms. The molecule has 1 aromatic heterocycles. The van der Waals surface area contributed by atoms with Gasteiger partial charge in [-0.15, -0.1) is 11.3 Å². The third-order valence-electron chi connectivity index (χ3n) is 4.18. The highest BCUT2D eigenvalue weighted by atomic mass is 32.1. The average Bonchev–Trinajstić information content (AvgIpc) is 3.32. The highest BCUT2D eigenvalue weighted by molar-refractivity contribution is 7.07. The number of benzene rings is 2. The van der Waals surface area contributed by atoms with Gasteiger partial charge in [0.25, 0.3) is 5.69 Å². The smallest absolute Gasteiger partial charge is 0.282 e. The van der Waals surface area contributed by atoms with E-state index in [1.165, 1.54) is 23.6 Å². The zero-order valence-corrected chi connectivity index (χ0v) is 16.4. The maximum atomic E-state index is 11.4. The summed E-state index contributed by atoms with van der Waals surface area (Å²) in [5.41, 5.74) is 1.79. The van der Waals surface area contributed by atoms with E-state index in [9.17, 15) is 10.1 Å².